The molecule has 0 aliphatic heterocycles. The van der Waals surface area contributed by atoms with Crippen molar-refractivity contribution in [2.45, 2.75) is 25.5 Å². The summed E-state index contributed by atoms with van der Waals surface area (Å²) in [6, 6.07) is 0. The number of esters is 1. The molecule has 0 bridgehead atoms. The first-order valence-electron chi connectivity index (χ1n) is 3.88. The van der Waals surface area contributed by atoms with E-state index < -0.39 is 21.2 Å². The Morgan fingerprint density at radius 1 is 1.46 bits per heavy atom. The van der Waals surface area contributed by atoms with E-state index in [4.69, 9.17) is 5.14 Å². The van der Waals surface area contributed by atoms with E-state index in [9.17, 15) is 13.2 Å². The molecule has 0 aliphatic carbocycles. The monoisotopic (exact) mass is 209 g/mol. The maximum Gasteiger partial charge on any atom is 0.325 e. The fourth-order valence-corrected chi connectivity index (χ4v) is 1.94. The highest BCUT2D eigenvalue weighted by molar-refractivity contribution is 7.90. The lowest BCUT2D eigenvalue weighted by Gasteiger charge is -2.13. The molecule has 0 amide bonds. The Bertz CT molecular complexity index is 270. The third-order valence-corrected chi connectivity index (χ3v) is 2.72. The van der Waals surface area contributed by atoms with Crippen LogP contribution in [0, 0.1) is 5.92 Å². The Morgan fingerprint density at radius 3 is 2.15 bits per heavy atom. The van der Waals surface area contributed by atoms with E-state index in [1.165, 1.54) is 0 Å². The third kappa shape index (κ3) is 4.23. The number of carbonyl (C=O) groups is 1. The molecule has 0 aromatic carbocycles. The lowest BCUT2D eigenvalue weighted by Crippen LogP contribution is -2.37. The van der Waals surface area contributed by atoms with E-state index in [-0.39, 0.29) is 12.3 Å². The zero-order valence-corrected chi connectivity index (χ0v) is 8.80. The van der Waals surface area contributed by atoms with E-state index in [0.29, 0.717) is 0 Å². The van der Waals surface area contributed by atoms with Gasteiger partial charge in [-0.15, -0.1) is 0 Å². The van der Waals surface area contributed by atoms with E-state index in [0.717, 1.165) is 7.11 Å². The van der Waals surface area contributed by atoms with Gasteiger partial charge in [0.2, 0.25) is 10.0 Å². The van der Waals surface area contributed by atoms with Crippen LogP contribution in [0.25, 0.3) is 0 Å². The van der Waals surface area contributed by atoms with Gasteiger partial charge in [-0.1, -0.05) is 13.8 Å². The smallest absolute Gasteiger partial charge is 0.325 e. The summed E-state index contributed by atoms with van der Waals surface area (Å²) in [6.45, 7) is 3.61. The topological polar surface area (TPSA) is 86.5 Å². The van der Waals surface area contributed by atoms with E-state index in [1.54, 1.807) is 13.8 Å². The maximum atomic E-state index is 11.0. The molecule has 5 nitrogen and oxygen atoms in total. The summed E-state index contributed by atoms with van der Waals surface area (Å²) in [6.07, 6.45) is 0.186. The molecule has 2 N–H and O–H groups in total. The third-order valence-electron chi connectivity index (χ3n) is 1.55. The lowest BCUT2D eigenvalue weighted by molar-refractivity contribution is -0.140. The number of rotatable bonds is 4. The fourth-order valence-electron chi connectivity index (χ4n) is 0.924. The largest absolute Gasteiger partial charge is 0.468 e. The molecular formula is C7H15NO4S. The minimum absolute atomic E-state index is 0.0717. The summed E-state index contributed by atoms with van der Waals surface area (Å²) >= 11 is 0. The van der Waals surface area contributed by atoms with Gasteiger partial charge in [-0.25, -0.2) is 13.6 Å². The summed E-state index contributed by atoms with van der Waals surface area (Å²) in [5.74, 6) is -0.723. The van der Waals surface area contributed by atoms with Crippen LogP contribution in [0.2, 0.25) is 0 Å². The van der Waals surface area contributed by atoms with Crippen LogP contribution in [0.1, 0.15) is 20.3 Å². The van der Waals surface area contributed by atoms with E-state index in [2.05, 4.69) is 4.74 Å². The zero-order chi connectivity index (χ0) is 10.6. The molecule has 0 aromatic heterocycles. The van der Waals surface area contributed by atoms with Gasteiger partial charge in [0.15, 0.2) is 5.25 Å². The van der Waals surface area contributed by atoms with Crippen LogP contribution in [0.4, 0.5) is 0 Å². The highest BCUT2D eigenvalue weighted by Gasteiger charge is 2.31. The second-order valence-electron chi connectivity index (χ2n) is 3.23. The first kappa shape index (κ1) is 12.4. The summed E-state index contributed by atoms with van der Waals surface area (Å²) in [7, 11) is -2.71. The molecule has 0 radical (unpaired) electrons. The molecule has 0 heterocycles. The molecule has 0 fully saturated rings. The Labute approximate surface area is 78.3 Å². The van der Waals surface area contributed by atoms with Crippen LogP contribution < -0.4 is 5.14 Å². The van der Waals surface area contributed by atoms with E-state index in [1.807, 2.05) is 0 Å². The highest BCUT2D eigenvalue weighted by Crippen LogP contribution is 2.11. The van der Waals surface area contributed by atoms with Crippen molar-refractivity contribution in [1.82, 2.24) is 0 Å². The molecule has 1 atom stereocenters. The number of nitrogens with two attached hydrogens (primary N) is 1. The van der Waals surface area contributed by atoms with Gasteiger partial charge in [-0.3, -0.25) is 4.79 Å². The number of methoxy groups -OCH3 is 1. The van der Waals surface area contributed by atoms with Crippen molar-refractivity contribution in [3.05, 3.63) is 0 Å². The fraction of sp³-hybridized carbons (Fsp3) is 0.857. The van der Waals surface area contributed by atoms with Crippen LogP contribution in [0.5, 0.6) is 0 Å². The molecule has 0 saturated heterocycles. The van der Waals surface area contributed by atoms with Gasteiger partial charge < -0.3 is 4.74 Å². The Balaban J connectivity index is 4.67. The van der Waals surface area contributed by atoms with Crippen LogP contribution in [-0.2, 0) is 19.6 Å². The van der Waals surface area contributed by atoms with Gasteiger partial charge in [0, 0.05) is 0 Å². The quantitative estimate of drug-likeness (QED) is 0.653. The summed E-state index contributed by atoms with van der Waals surface area (Å²) < 4.78 is 26.2. The van der Waals surface area contributed by atoms with Crippen molar-refractivity contribution in [3.8, 4) is 0 Å². The van der Waals surface area contributed by atoms with Gasteiger partial charge in [0.05, 0.1) is 7.11 Å². The second kappa shape index (κ2) is 4.57. The van der Waals surface area contributed by atoms with Crippen LogP contribution in [0.15, 0.2) is 0 Å². The summed E-state index contributed by atoms with van der Waals surface area (Å²) in [4.78, 5) is 11.0. The Hall–Kier alpha value is -0.620. The van der Waals surface area contributed by atoms with Gasteiger partial charge in [-0.05, 0) is 12.3 Å². The molecule has 0 spiro atoms. The predicted molar refractivity (Wildman–Crippen MR) is 48.4 cm³/mol. The molecule has 0 saturated carbocycles. The van der Waals surface area contributed by atoms with Gasteiger partial charge in [0.25, 0.3) is 0 Å². The Kier molecular flexibility index (Phi) is 4.35. The SMILES string of the molecule is COC(=O)C(CC(C)C)S(N)(=O)=O. The number of primary sulfonamides is 1. The van der Waals surface area contributed by atoms with Crippen molar-refractivity contribution < 1.29 is 17.9 Å². The van der Waals surface area contributed by atoms with Crippen LogP contribution >= 0.6 is 0 Å². The number of carbonyl (C=O) groups excluding carboxylic acids is 1. The maximum absolute atomic E-state index is 11.0. The molecule has 0 aromatic rings. The zero-order valence-electron chi connectivity index (χ0n) is 7.98. The van der Waals surface area contributed by atoms with Crippen molar-refractivity contribution in [3.63, 3.8) is 0 Å². The molecule has 6 heteroatoms. The normalized spacial score (nSPS) is 14.2. The van der Waals surface area contributed by atoms with Crippen LogP contribution in [-0.4, -0.2) is 26.7 Å². The number of sulfonamides is 1. The number of hydrogen-bond acceptors (Lipinski definition) is 4. The molecule has 78 valence electrons. The number of ether oxygens (including phenoxy) is 1. The Morgan fingerprint density at radius 2 is 1.92 bits per heavy atom. The van der Waals surface area contributed by atoms with Crippen LogP contribution in [0.3, 0.4) is 0 Å². The van der Waals surface area contributed by atoms with Crippen molar-refractivity contribution in [2.24, 2.45) is 11.1 Å². The van der Waals surface area contributed by atoms with Gasteiger partial charge in [0.1, 0.15) is 0 Å². The first-order valence-corrected chi connectivity index (χ1v) is 5.49. The average molecular weight is 209 g/mol. The minimum atomic E-state index is -3.85. The van der Waals surface area contributed by atoms with Crippen molar-refractivity contribution in [2.75, 3.05) is 7.11 Å². The van der Waals surface area contributed by atoms with Crippen molar-refractivity contribution in [1.29, 1.82) is 0 Å². The average Bonchev–Trinajstić information content (AvgIpc) is 1.96. The van der Waals surface area contributed by atoms with E-state index >= 15 is 0 Å². The lowest BCUT2D eigenvalue weighted by atomic mass is 10.1. The summed E-state index contributed by atoms with van der Waals surface area (Å²) in [5, 5.41) is 3.64. The van der Waals surface area contributed by atoms with Gasteiger partial charge >= 0.3 is 5.97 Å². The summed E-state index contributed by atoms with van der Waals surface area (Å²) in [5.41, 5.74) is 0. The first-order chi connectivity index (χ1) is 5.79. The van der Waals surface area contributed by atoms with Crippen molar-refractivity contribution >= 4 is 16.0 Å². The number of hydrogen-bond donors (Lipinski definition) is 1. The molecule has 1 unspecified atom stereocenters. The molecule has 13 heavy (non-hydrogen) atoms. The molecular weight excluding hydrogens is 194 g/mol. The minimum Gasteiger partial charge on any atom is -0.468 e. The standard InChI is InChI=1S/C7H15NO4S/c1-5(2)4-6(7(9)12-3)13(8,10)11/h5-6H,4H2,1-3H3,(H2,8,10,11). The molecule has 0 rings (SSSR count). The highest BCUT2D eigenvalue weighted by atomic mass is 32.2. The predicted octanol–water partition coefficient (Wildman–Crippen LogP) is -0.137. The molecule has 0 aliphatic rings. The van der Waals surface area contributed by atoms with Gasteiger partial charge in [-0.2, -0.15) is 0 Å². The second-order valence-corrected chi connectivity index (χ2v) is 4.98.